The summed E-state index contributed by atoms with van der Waals surface area (Å²) in [7, 11) is 3.98. The molecule has 0 fully saturated rings. The van der Waals surface area contributed by atoms with Gasteiger partial charge in [0.25, 0.3) is 5.91 Å². The molecule has 0 aliphatic heterocycles. The normalized spacial score (nSPS) is 11.2. The highest BCUT2D eigenvalue weighted by atomic mass is 79.9. The Kier molecular flexibility index (Phi) is 6.49. The number of rotatable bonds is 6. The first-order valence-corrected chi connectivity index (χ1v) is 7.53. The second-order valence-corrected chi connectivity index (χ2v) is 6.47. The maximum atomic E-state index is 12.5. The van der Waals surface area contributed by atoms with Crippen LogP contribution in [0.5, 0.6) is 5.75 Å². The minimum Gasteiger partial charge on any atom is -0.507 e. The Hall–Kier alpha value is -1.07. The fourth-order valence-corrected chi connectivity index (χ4v) is 2.11. The van der Waals surface area contributed by atoms with Gasteiger partial charge in [-0.3, -0.25) is 4.79 Å². The van der Waals surface area contributed by atoms with E-state index in [0.29, 0.717) is 29.0 Å². The number of hydrogen-bond donors (Lipinski definition) is 1. The number of hydrogen-bond acceptors (Lipinski definition) is 3. The highest BCUT2D eigenvalue weighted by molar-refractivity contribution is 9.10. The average Bonchev–Trinajstić information content (AvgIpc) is 2.36. The fraction of sp³-hybridized carbons (Fsp3) is 0.533. The van der Waals surface area contributed by atoms with E-state index < -0.39 is 0 Å². The van der Waals surface area contributed by atoms with Gasteiger partial charge in [0.1, 0.15) is 5.75 Å². The number of halogens is 1. The van der Waals surface area contributed by atoms with Gasteiger partial charge in [-0.1, -0.05) is 13.8 Å². The molecule has 1 rings (SSSR count). The van der Waals surface area contributed by atoms with Crippen LogP contribution in [0.3, 0.4) is 0 Å². The number of phenols is 1. The Morgan fingerprint density at radius 3 is 2.45 bits per heavy atom. The molecule has 20 heavy (non-hydrogen) atoms. The van der Waals surface area contributed by atoms with Crippen LogP contribution in [-0.2, 0) is 0 Å². The summed E-state index contributed by atoms with van der Waals surface area (Å²) in [6.45, 7) is 6.40. The molecular formula is C15H23BrN2O2. The van der Waals surface area contributed by atoms with E-state index in [4.69, 9.17) is 0 Å². The Morgan fingerprint density at radius 2 is 1.95 bits per heavy atom. The van der Waals surface area contributed by atoms with Gasteiger partial charge in [-0.05, 0) is 54.1 Å². The van der Waals surface area contributed by atoms with Crippen LogP contribution in [0.25, 0.3) is 0 Å². The maximum Gasteiger partial charge on any atom is 0.254 e. The van der Waals surface area contributed by atoms with Crippen LogP contribution in [0, 0.1) is 5.92 Å². The average molecular weight is 343 g/mol. The quantitative estimate of drug-likeness (QED) is 0.864. The molecule has 0 spiro atoms. The number of amides is 1. The largest absolute Gasteiger partial charge is 0.507 e. The van der Waals surface area contributed by atoms with E-state index in [2.05, 4.69) is 34.7 Å². The molecule has 1 aromatic carbocycles. The number of carbonyl (C=O) groups is 1. The molecule has 4 nitrogen and oxygen atoms in total. The van der Waals surface area contributed by atoms with Crippen molar-refractivity contribution in [3.63, 3.8) is 0 Å². The zero-order chi connectivity index (χ0) is 15.3. The lowest BCUT2D eigenvalue weighted by molar-refractivity contribution is 0.0724. The van der Waals surface area contributed by atoms with E-state index in [-0.39, 0.29) is 11.7 Å². The number of phenolic OH excluding ortho intramolecular Hbond substituents is 1. The minimum atomic E-state index is -0.0386. The summed E-state index contributed by atoms with van der Waals surface area (Å²) >= 11 is 3.22. The van der Waals surface area contributed by atoms with Gasteiger partial charge in [-0.15, -0.1) is 0 Å². The van der Waals surface area contributed by atoms with Crippen LogP contribution in [0.15, 0.2) is 22.7 Å². The summed E-state index contributed by atoms with van der Waals surface area (Å²) in [6.07, 6.45) is 0. The Bertz CT molecular complexity index is 461. The van der Waals surface area contributed by atoms with Gasteiger partial charge in [-0.25, -0.2) is 0 Å². The molecule has 0 radical (unpaired) electrons. The van der Waals surface area contributed by atoms with E-state index in [1.54, 1.807) is 12.1 Å². The van der Waals surface area contributed by atoms with Gasteiger partial charge >= 0.3 is 0 Å². The molecule has 1 amide bonds. The molecule has 1 aromatic rings. The molecule has 0 saturated heterocycles. The number of nitrogens with zero attached hydrogens (tertiary/aromatic N) is 2. The van der Waals surface area contributed by atoms with Gasteiger partial charge in [0, 0.05) is 25.2 Å². The molecule has 0 aromatic heterocycles. The molecule has 0 saturated carbocycles. The summed E-state index contributed by atoms with van der Waals surface area (Å²) in [5.74, 6) is 0.460. The van der Waals surface area contributed by atoms with Crippen LogP contribution in [0.1, 0.15) is 24.2 Å². The molecule has 0 bridgehead atoms. The molecule has 0 heterocycles. The van der Waals surface area contributed by atoms with E-state index in [9.17, 15) is 9.90 Å². The SMILES string of the molecule is CC(C)CN(CCN(C)C)C(=O)c1ccc(Br)c(O)c1. The Morgan fingerprint density at radius 1 is 1.30 bits per heavy atom. The van der Waals surface area contributed by atoms with Crippen molar-refractivity contribution >= 4 is 21.8 Å². The van der Waals surface area contributed by atoms with Gasteiger partial charge < -0.3 is 14.9 Å². The number of carbonyl (C=O) groups excluding carboxylic acids is 1. The summed E-state index contributed by atoms with van der Waals surface area (Å²) in [6, 6.07) is 4.94. The number of aromatic hydroxyl groups is 1. The lowest BCUT2D eigenvalue weighted by atomic mass is 10.1. The van der Waals surface area contributed by atoms with Gasteiger partial charge in [0.05, 0.1) is 4.47 Å². The zero-order valence-electron chi connectivity index (χ0n) is 12.6. The zero-order valence-corrected chi connectivity index (χ0v) is 14.1. The Balaban J connectivity index is 2.87. The molecule has 0 atom stereocenters. The smallest absolute Gasteiger partial charge is 0.254 e. The van der Waals surface area contributed by atoms with Crippen LogP contribution in [-0.4, -0.2) is 54.5 Å². The third-order valence-electron chi connectivity index (χ3n) is 2.88. The third kappa shape index (κ3) is 5.13. The predicted molar refractivity (Wildman–Crippen MR) is 85.1 cm³/mol. The summed E-state index contributed by atoms with van der Waals surface area (Å²) < 4.78 is 0.595. The number of benzene rings is 1. The highest BCUT2D eigenvalue weighted by Crippen LogP contribution is 2.25. The fourth-order valence-electron chi connectivity index (χ4n) is 1.87. The second-order valence-electron chi connectivity index (χ2n) is 5.61. The van der Waals surface area contributed by atoms with E-state index >= 15 is 0 Å². The van der Waals surface area contributed by atoms with Crippen molar-refractivity contribution < 1.29 is 9.90 Å². The number of likely N-dealkylation sites (N-methyl/N-ethyl adjacent to an activating group) is 1. The van der Waals surface area contributed by atoms with E-state index in [1.165, 1.54) is 6.07 Å². The first kappa shape index (κ1) is 17.0. The van der Waals surface area contributed by atoms with Crippen molar-refractivity contribution in [2.75, 3.05) is 33.7 Å². The van der Waals surface area contributed by atoms with Crippen LogP contribution >= 0.6 is 15.9 Å². The third-order valence-corrected chi connectivity index (χ3v) is 3.55. The van der Waals surface area contributed by atoms with Crippen molar-refractivity contribution in [2.24, 2.45) is 5.92 Å². The molecule has 112 valence electrons. The van der Waals surface area contributed by atoms with Crippen molar-refractivity contribution in [2.45, 2.75) is 13.8 Å². The topological polar surface area (TPSA) is 43.8 Å². The Labute approximate surface area is 129 Å². The summed E-state index contributed by atoms with van der Waals surface area (Å²) in [5.41, 5.74) is 0.519. The molecule has 1 N–H and O–H groups in total. The highest BCUT2D eigenvalue weighted by Gasteiger charge is 2.18. The first-order chi connectivity index (χ1) is 9.31. The van der Waals surface area contributed by atoms with E-state index in [1.807, 2.05) is 19.0 Å². The van der Waals surface area contributed by atoms with Gasteiger partial charge in [0.15, 0.2) is 0 Å². The van der Waals surface area contributed by atoms with Crippen LogP contribution in [0.2, 0.25) is 0 Å². The van der Waals surface area contributed by atoms with Crippen molar-refractivity contribution in [3.05, 3.63) is 28.2 Å². The van der Waals surface area contributed by atoms with Gasteiger partial charge in [-0.2, -0.15) is 0 Å². The minimum absolute atomic E-state index is 0.0386. The van der Waals surface area contributed by atoms with Gasteiger partial charge in [0.2, 0.25) is 0 Å². The second kappa shape index (κ2) is 7.64. The molecule has 0 unspecified atom stereocenters. The lowest BCUT2D eigenvalue weighted by Gasteiger charge is -2.26. The maximum absolute atomic E-state index is 12.5. The summed E-state index contributed by atoms with van der Waals surface area (Å²) in [5, 5.41) is 9.70. The molecule has 0 aliphatic rings. The molecule has 0 aliphatic carbocycles. The molecule has 5 heteroatoms. The molecular weight excluding hydrogens is 320 g/mol. The van der Waals surface area contributed by atoms with Crippen LogP contribution in [0.4, 0.5) is 0 Å². The van der Waals surface area contributed by atoms with Crippen molar-refractivity contribution in [1.82, 2.24) is 9.80 Å². The lowest BCUT2D eigenvalue weighted by Crippen LogP contribution is -2.39. The van der Waals surface area contributed by atoms with Crippen molar-refractivity contribution in [3.8, 4) is 5.75 Å². The monoisotopic (exact) mass is 342 g/mol. The predicted octanol–water partition coefficient (Wildman–Crippen LogP) is 2.81. The summed E-state index contributed by atoms with van der Waals surface area (Å²) in [4.78, 5) is 16.4. The standard InChI is InChI=1S/C15H23BrN2O2/c1-11(2)10-18(8-7-17(3)4)15(20)12-5-6-13(16)14(19)9-12/h5-6,9,11,19H,7-8,10H2,1-4H3. The first-order valence-electron chi connectivity index (χ1n) is 6.73. The van der Waals surface area contributed by atoms with E-state index in [0.717, 1.165) is 6.54 Å². The van der Waals surface area contributed by atoms with Crippen molar-refractivity contribution in [1.29, 1.82) is 0 Å². The van der Waals surface area contributed by atoms with Crippen LogP contribution < -0.4 is 0 Å².